The molecule has 1 fully saturated rings. The van der Waals surface area contributed by atoms with Crippen LogP contribution >= 0.6 is 0 Å². The van der Waals surface area contributed by atoms with Crippen molar-refractivity contribution < 1.29 is 14.3 Å². The van der Waals surface area contributed by atoms with Crippen molar-refractivity contribution in [1.82, 2.24) is 10.3 Å². The molecule has 5 rings (SSSR count). The lowest BCUT2D eigenvalue weighted by molar-refractivity contribution is -0.146. The maximum Gasteiger partial charge on any atom is 0.337 e. The molecule has 0 unspecified atom stereocenters. The summed E-state index contributed by atoms with van der Waals surface area (Å²) in [5.74, 6) is -0.510. The van der Waals surface area contributed by atoms with Gasteiger partial charge < -0.3 is 10.1 Å². The second kappa shape index (κ2) is 9.34. The molecule has 0 saturated heterocycles. The van der Waals surface area contributed by atoms with Gasteiger partial charge in [0.25, 0.3) is 0 Å². The first-order valence-electron chi connectivity index (χ1n) is 12.0. The predicted octanol–water partition coefficient (Wildman–Crippen LogP) is 5.32. The highest BCUT2D eigenvalue weighted by Gasteiger charge is 2.41. The molecular formula is C28H30N2O3. The average molecular weight is 443 g/mol. The SMILES string of the molecule is CC1=C(C(=O)OC2CCCCC2)[C@@H](c2ccncc2)C2=C(C[C@H](c3ccccc3)CC2=O)N1. The van der Waals surface area contributed by atoms with E-state index in [4.69, 9.17) is 4.74 Å². The quantitative estimate of drug-likeness (QED) is 0.649. The van der Waals surface area contributed by atoms with Crippen LogP contribution in [0.2, 0.25) is 0 Å². The Kier molecular flexibility index (Phi) is 6.12. The number of dihydropyridines is 1. The van der Waals surface area contributed by atoms with Crippen LogP contribution in [0.15, 0.2) is 77.4 Å². The highest BCUT2D eigenvalue weighted by Crippen LogP contribution is 2.45. The van der Waals surface area contributed by atoms with Gasteiger partial charge in [0.05, 0.1) is 5.57 Å². The largest absolute Gasteiger partial charge is 0.459 e. The van der Waals surface area contributed by atoms with Crippen LogP contribution < -0.4 is 5.32 Å². The van der Waals surface area contributed by atoms with Gasteiger partial charge in [-0.15, -0.1) is 0 Å². The Morgan fingerprint density at radius 2 is 1.70 bits per heavy atom. The van der Waals surface area contributed by atoms with Gasteiger partial charge in [0.2, 0.25) is 0 Å². The number of hydrogen-bond donors (Lipinski definition) is 1. The molecular weight excluding hydrogens is 412 g/mol. The molecule has 0 amide bonds. The lowest BCUT2D eigenvalue weighted by Crippen LogP contribution is -2.37. The summed E-state index contributed by atoms with van der Waals surface area (Å²) >= 11 is 0. The van der Waals surface area contributed by atoms with E-state index in [2.05, 4.69) is 22.4 Å². The summed E-state index contributed by atoms with van der Waals surface area (Å²) in [7, 11) is 0. The van der Waals surface area contributed by atoms with E-state index in [0.717, 1.165) is 49.1 Å². The molecule has 1 aliphatic heterocycles. The van der Waals surface area contributed by atoms with Crippen molar-refractivity contribution in [3.63, 3.8) is 0 Å². The van der Waals surface area contributed by atoms with E-state index in [1.165, 1.54) is 12.0 Å². The molecule has 3 aliphatic rings. The molecule has 1 N–H and O–H groups in total. The summed E-state index contributed by atoms with van der Waals surface area (Å²) in [5, 5.41) is 3.44. The summed E-state index contributed by atoms with van der Waals surface area (Å²) in [6.45, 7) is 1.92. The summed E-state index contributed by atoms with van der Waals surface area (Å²) < 4.78 is 5.97. The molecule has 0 radical (unpaired) electrons. The van der Waals surface area contributed by atoms with Crippen molar-refractivity contribution in [3.05, 3.63) is 88.5 Å². The summed E-state index contributed by atoms with van der Waals surface area (Å²) in [5.41, 5.74) is 5.03. The van der Waals surface area contributed by atoms with Crippen molar-refractivity contribution in [1.29, 1.82) is 0 Å². The van der Waals surface area contributed by atoms with Crippen molar-refractivity contribution in [2.75, 3.05) is 0 Å². The third-order valence-electron chi connectivity index (χ3n) is 7.18. The minimum atomic E-state index is -0.426. The van der Waals surface area contributed by atoms with E-state index < -0.39 is 5.92 Å². The molecule has 5 nitrogen and oxygen atoms in total. The van der Waals surface area contributed by atoms with Gasteiger partial charge in [-0.2, -0.15) is 0 Å². The maximum absolute atomic E-state index is 13.6. The molecule has 2 aromatic rings. The number of carbonyl (C=O) groups excluding carboxylic acids is 2. The molecule has 2 heterocycles. The molecule has 2 atom stereocenters. The van der Waals surface area contributed by atoms with Crippen LogP contribution in [0.5, 0.6) is 0 Å². The first-order valence-corrected chi connectivity index (χ1v) is 12.0. The second-order valence-electron chi connectivity index (χ2n) is 9.37. The number of carbonyl (C=O) groups is 2. The number of hydrogen-bond acceptors (Lipinski definition) is 5. The molecule has 0 spiro atoms. The van der Waals surface area contributed by atoms with Crippen LogP contribution in [0.1, 0.15) is 74.8 Å². The molecule has 2 aliphatic carbocycles. The van der Waals surface area contributed by atoms with E-state index in [1.54, 1.807) is 12.4 Å². The van der Waals surface area contributed by atoms with Gasteiger partial charge in [0.1, 0.15) is 6.10 Å². The molecule has 1 saturated carbocycles. The minimum Gasteiger partial charge on any atom is -0.459 e. The van der Waals surface area contributed by atoms with Gasteiger partial charge in [-0.1, -0.05) is 36.8 Å². The highest BCUT2D eigenvalue weighted by molar-refractivity contribution is 6.04. The Morgan fingerprint density at radius 3 is 2.42 bits per heavy atom. The third-order valence-corrected chi connectivity index (χ3v) is 7.18. The van der Waals surface area contributed by atoms with Crippen molar-refractivity contribution in [2.45, 2.75) is 69.8 Å². The molecule has 170 valence electrons. The van der Waals surface area contributed by atoms with Gasteiger partial charge >= 0.3 is 5.97 Å². The van der Waals surface area contributed by atoms with Gasteiger partial charge in [0.15, 0.2) is 5.78 Å². The number of ketones is 1. The number of allylic oxidation sites excluding steroid dienone is 3. The Balaban J connectivity index is 1.51. The lowest BCUT2D eigenvalue weighted by Gasteiger charge is -2.37. The van der Waals surface area contributed by atoms with Crippen LogP contribution in [0, 0.1) is 0 Å². The van der Waals surface area contributed by atoms with Crippen LogP contribution in [-0.2, 0) is 14.3 Å². The van der Waals surface area contributed by atoms with Crippen LogP contribution in [0.4, 0.5) is 0 Å². The summed E-state index contributed by atoms with van der Waals surface area (Å²) in [6, 6.07) is 14.0. The van der Waals surface area contributed by atoms with E-state index in [-0.39, 0.29) is 23.8 Å². The summed E-state index contributed by atoms with van der Waals surface area (Å²) in [4.78, 5) is 31.2. The average Bonchev–Trinajstić information content (AvgIpc) is 2.84. The Morgan fingerprint density at radius 1 is 0.970 bits per heavy atom. The Labute approximate surface area is 195 Å². The number of nitrogens with zero attached hydrogens (tertiary/aromatic N) is 1. The molecule has 33 heavy (non-hydrogen) atoms. The minimum absolute atomic E-state index is 0.0375. The fourth-order valence-corrected chi connectivity index (χ4v) is 5.56. The van der Waals surface area contributed by atoms with E-state index >= 15 is 0 Å². The Bertz CT molecular complexity index is 1100. The van der Waals surface area contributed by atoms with Gasteiger partial charge in [-0.05, 0) is 68.2 Å². The topological polar surface area (TPSA) is 68.3 Å². The van der Waals surface area contributed by atoms with Gasteiger partial charge in [-0.3, -0.25) is 9.78 Å². The zero-order valence-electron chi connectivity index (χ0n) is 19.0. The predicted molar refractivity (Wildman–Crippen MR) is 126 cm³/mol. The smallest absolute Gasteiger partial charge is 0.337 e. The number of nitrogens with one attached hydrogen (secondary N) is 1. The van der Waals surface area contributed by atoms with Gasteiger partial charge in [-0.25, -0.2) is 4.79 Å². The standard InChI is InChI=1S/C28H30N2O3/c1-18-25(28(32)33-22-10-6-3-7-11-22)26(20-12-14-29-15-13-20)27-23(30-18)16-21(17-24(27)31)19-8-4-2-5-9-19/h2,4-5,8-9,12-15,21-22,26,30H,3,6-7,10-11,16-17H2,1H3/t21-,26+/m0/s1. The van der Waals surface area contributed by atoms with Gasteiger partial charge in [0, 0.05) is 41.7 Å². The monoisotopic (exact) mass is 442 g/mol. The zero-order chi connectivity index (χ0) is 22.8. The molecule has 1 aromatic carbocycles. The number of rotatable bonds is 4. The van der Waals surface area contributed by atoms with E-state index in [0.29, 0.717) is 17.6 Å². The fourth-order valence-electron chi connectivity index (χ4n) is 5.56. The number of aromatic nitrogens is 1. The molecule has 0 bridgehead atoms. The van der Waals surface area contributed by atoms with Crippen molar-refractivity contribution in [2.24, 2.45) is 0 Å². The number of esters is 1. The molecule has 5 heteroatoms. The van der Waals surface area contributed by atoms with Crippen LogP contribution in [-0.4, -0.2) is 22.8 Å². The van der Waals surface area contributed by atoms with Crippen LogP contribution in [0.3, 0.4) is 0 Å². The fraction of sp³-hybridized carbons (Fsp3) is 0.393. The number of ether oxygens (including phenoxy) is 1. The first-order chi connectivity index (χ1) is 16.1. The van der Waals surface area contributed by atoms with Crippen molar-refractivity contribution in [3.8, 4) is 0 Å². The third kappa shape index (κ3) is 4.37. The van der Waals surface area contributed by atoms with Crippen LogP contribution in [0.25, 0.3) is 0 Å². The van der Waals surface area contributed by atoms with E-state index in [1.807, 2.05) is 37.3 Å². The number of pyridine rings is 1. The van der Waals surface area contributed by atoms with Crippen molar-refractivity contribution >= 4 is 11.8 Å². The number of benzene rings is 1. The normalized spacial score (nSPS) is 23.7. The Hall–Kier alpha value is -3.21. The molecule has 1 aromatic heterocycles. The number of Topliss-reactive ketones (excluding diaryl/α,β-unsaturated/α-hetero) is 1. The summed E-state index contributed by atoms with van der Waals surface area (Å²) in [6.07, 6.45) is 9.80. The first kappa shape index (κ1) is 21.6. The lowest BCUT2D eigenvalue weighted by atomic mass is 9.72. The highest BCUT2D eigenvalue weighted by atomic mass is 16.5. The maximum atomic E-state index is 13.6. The van der Waals surface area contributed by atoms with E-state index in [9.17, 15) is 9.59 Å². The second-order valence-corrected chi connectivity index (χ2v) is 9.37. The zero-order valence-corrected chi connectivity index (χ0v) is 19.0.